The molecule has 2 aromatic carbocycles. The van der Waals surface area contributed by atoms with Crippen molar-refractivity contribution in [1.29, 1.82) is 0 Å². The summed E-state index contributed by atoms with van der Waals surface area (Å²) in [5.74, 6) is -3.98. The van der Waals surface area contributed by atoms with Crippen LogP contribution in [0.15, 0.2) is 53.6 Å². The van der Waals surface area contributed by atoms with Gasteiger partial charge in [-0.15, -0.1) is 0 Å². The summed E-state index contributed by atoms with van der Waals surface area (Å²) < 4.78 is 81.6. The number of hydrogen-bond donors (Lipinski definition) is 1. The summed E-state index contributed by atoms with van der Waals surface area (Å²) in [7, 11) is -2.29. The number of nitrogens with zero attached hydrogens (tertiary/aromatic N) is 5. The molecule has 0 bridgehead atoms. The molecular weight excluding hydrogens is 714 g/mol. The fourth-order valence-corrected chi connectivity index (χ4v) is 9.26. The first kappa shape index (κ1) is 36.8. The number of amides is 3. The van der Waals surface area contributed by atoms with Crippen molar-refractivity contribution in [2.24, 2.45) is 0 Å². The molecule has 1 N–H and O–H groups in total. The lowest BCUT2D eigenvalue weighted by Crippen LogP contribution is -2.61. The first-order chi connectivity index (χ1) is 25.5. The Morgan fingerprint density at radius 1 is 0.943 bits per heavy atom. The average molecular weight is 757 g/mol. The van der Waals surface area contributed by atoms with Gasteiger partial charge in [-0.05, 0) is 50.1 Å². The number of anilines is 1. The Hall–Kier alpha value is -4.58. The highest BCUT2D eigenvalue weighted by molar-refractivity contribution is 7.93. The molecule has 1 aromatic heterocycles. The van der Waals surface area contributed by atoms with Gasteiger partial charge >= 0.3 is 6.03 Å². The predicted molar refractivity (Wildman–Crippen MR) is 188 cm³/mol. The zero-order valence-electron chi connectivity index (χ0n) is 29.7. The zero-order valence-corrected chi connectivity index (χ0v) is 30.5. The lowest BCUT2D eigenvalue weighted by Gasteiger charge is -2.46. The second kappa shape index (κ2) is 14.7. The fourth-order valence-electron chi connectivity index (χ4n) is 7.66. The van der Waals surface area contributed by atoms with Gasteiger partial charge in [0, 0.05) is 69.2 Å². The largest absolute Gasteiger partial charge is 0.497 e. The van der Waals surface area contributed by atoms with E-state index in [2.05, 4.69) is 20.1 Å². The molecule has 0 radical (unpaired) electrons. The molecule has 0 saturated carbocycles. The van der Waals surface area contributed by atoms with Crippen LogP contribution in [-0.4, -0.2) is 125 Å². The summed E-state index contributed by atoms with van der Waals surface area (Å²) in [6.45, 7) is 7.08. The van der Waals surface area contributed by atoms with Gasteiger partial charge in [-0.3, -0.25) is 14.6 Å². The predicted octanol–water partition coefficient (Wildman–Crippen LogP) is 2.95. The van der Waals surface area contributed by atoms with Crippen LogP contribution in [0.5, 0.6) is 17.4 Å². The minimum Gasteiger partial charge on any atom is -0.497 e. The van der Waals surface area contributed by atoms with Crippen LogP contribution in [0.1, 0.15) is 30.9 Å². The van der Waals surface area contributed by atoms with Crippen molar-refractivity contribution >= 4 is 27.6 Å². The van der Waals surface area contributed by atoms with Gasteiger partial charge in [0.25, 0.3) is 15.9 Å². The number of pyridine rings is 1. The average Bonchev–Trinajstić information content (AvgIpc) is 3.38. The molecule has 3 aromatic rings. The minimum absolute atomic E-state index is 0.0610. The first-order valence-electron chi connectivity index (χ1n) is 17.6. The number of benzene rings is 2. The smallest absolute Gasteiger partial charge is 0.318 e. The van der Waals surface area contributed by atoms with Gasteiger partial charge in [0.15, 0.2) is 17.2 Å². The lowest BCUT2D eigenvalue weighted by atomic mass is 9.84. The van der Waals surface area contributed by atoms with E-state index >= 15 is 13.6 Å². The topological polar surface area (TPSA) is 143 Å². The molecule has 3 saturated heterocycles. The monoisotopic (exact) mass is 756 g/mol. The number of fused-ring (bicyclic) bond motifs is 1. The van der Waals surface area contributed by atoms with Crippen LogP contribution in [0.25, 0.3) is 0 Å². The van der Waals surface area contributed by atoms with Crippen molar-refractivity contribution in [2.75, 3.05) is 77.6 Å². The number of carbonyl (C=O) groups is 2. The number of rotatable bonds is 10. The number of nitrogens with one attached hydrogen (secondary N) is 1. The number of sulfonamides is 1. The third-order valence-corrected chi connectivity index (χ3v) is 12.3. The number of likely N-dealkylation sites (tertiary alicyclic amines) is 1. The summed E-state index contributed by atoms with van der Waals surface area (Å²) in [5, 5.41) is 2.79. The van der Waals surface area contributed by atoms with Crippen molar-refractivity contribution in [3.05, 3.63) is 71.4 Å². The van der Waals surface area contributed by atoms with Crippen LogP contribution in [0.3, 0.4) is 0 Å². The zero-order chi connectivity index (χ0) is 37.5. The highest BCUT2D eigenvalue weighted by Gasteiger charge is 2.60. The number of halogens is 2. The normalized spacial score (nSPS) is 21.6. The molecule has 4 aliphatic rings. The van der Waals surface area contributed by atoms with E-state index in [9.17, 15) is 13.2 Å². The van der Waals surface area contributed by atoms with Gasteiger partial charge in [0.1, 0.15) is 16.4 Å². The Morgan fingerprint density at radius 3 is 2.28 bits per heavy atom. The molecule has 284 valence electrons. The van der Waals surface area contributed by atoms with Gasteiger partial charge in [0.2, 0.25) is 5.88 Å². The Kier molecular flexibility index (Phi) is 10.2. The number of aromatic nitrogens is 1. The third-order valence-electron chi connectivity index (χ3n) is 10.6. The van der Waals surface area contributed by atoms with Crippen LogP contribution in [-0.2, 0) is 25.1 Å². The molecule has 14 nitrogen and oxygen atoms in total. The Labute approximate surface area is 306 Å². The molecule has 4 aliphatic heterocycles. The Bertz CT molecular complexity index is 1990. The van der Waals surface area contributed by atoms with E-state index in [4.69, 9.17) is 18.9 Å². The second-order valence-electron chi connectivity index (χ2n) is 13.3. The summed E-state index contributed by atoms with van der Waals surface area (Å²) in [6.07, 6.45) is 3.41. The molecule has 3 amide bonds. The maximum atomic E-state index is 15.3. The number of ether oxygens (including phenoxy) is 4. The standard InChI is InChI=1S/C36H42F2N6O8S/c1-4-52-33-26(6-5-11-39-33)36(40-35(46)43-16-14-42(15-17-43)23-9-12-41(13-10-23)24-21-51-22-24)27-19-28(37)29(38)20-30(27)44(34(36)45)53(47,48)32-8-7-25(49-2)18-31(32)50-3/h5-8,11,18-20,23-24H,4,9-10,12-17,21-22H2,1-3H3,(H,40,46). The molecule has 1 unspecified atom stereocenters. The van der Waals surface area contributed by atoms with Crippen molar-refractivity contribution < 1.29 is 45.7 Å². The maximum Gasteiger partial charge on any atom is 0.318 e. The molecule has 7 rings (SSSR count). The molecule has 1 atom stereocenters. The highest BCUT2D eigenvalue weighted by Crippen LogP contribution is 2.50. The maximum absolute atomic E-state index is 15.3. The van der Waals surface area contributed by atoms with Gasteiger partial charge in [0.05, 0.1) is 51.3 Å². The Balaban J connectivity index is 1.25. The van der Waals surface area contributed by atoms with Crippen LogP contribution in [0.4, 0.5) is 19.3 Å². The number of methoxy groups -OCH3 is 2. The SMILES string of the molecule is CCOc1ncccc1C1(NC(=O)N2CCN(C3CCN(C4COC4)CC3)CC2)C(=O)N(S(=O)(=O)c2ccc(OC)cc2OC)c2cc(F)c(F)cc21. The molecular formula is C36H42F2N6O8S. The number of piperazine rings is 1. The summed E-state index contributed by atoms with van der Waals surface area (Å²) in [6, 6.07) is 8.27. The summed E-state index contributed by atoms with van der Waals surface area (Å²) in [5.41, 5.74) is -3.29. The van der Waals surface area contributed by atoms with E-state index in [1.165, 1.54) is 55.6 Å². The van der Waals surface area contributed by atoms with Crippen molar-refractivity contribution in [3.8, 4) is 17.4 Å². The third kappa shape index (κ3) is 6.42. The fraction of sp³-hybridized carbons (Fsp3) is 0.472. The van der Waals surface area contributed by atoms with Crippen molar-refractivity contribution in [1.82, 2.24) is 25.0 Å². The van der Waals surface area contributed by atoms with Crippen LogP contribution in [0, 0.1) is 11.6 Å². The van der Waals surface area contributed by atoms with E-state index in [1.54, 1.807) is 6.92 Å². The Morgan fingerprint density at radius 2 is 1.64 bits per heavy atom. The van der Waals surface area contributed by atoms with Gasteiger partial charge in [-0.1, -0.05) is 0 Å². The molecule has 3 fully saturated rings. The highest BCUT2D eigenvalue weighted by atomic mass is 32.2. The number of hydrogen-bond acceptors (Lipinski definition) is 11. The molecule has 53 heavy (non-hydrogen) atoms. The van der Waals surface area contributed by atoms with E-state index in [0.717, 1.165) is 45.2 Å². The van der Waals surface area contributed by atoms with Gasteiger partial charge in [-0.2, -0.15) is 4.31 Å². The first-order valence-corrected chi connectivity index (χ1v) is 19.0. The molecule has 17 heteroatoms. The molecule has 0 spiro atoms. The summed E-state index contributed by atoms with van der Waals surface area (Å²) in [4.78, 5) is 39.6. The van der Waals surface area contributed by atoms with Gasteiger partial charge < -0.3 is 29.2 Å². The van der Waals surface area contributed by atoms with Crippen molar-refractivity contribution in [2.45, 2.75) is 42.3 Å². The quantitative estimate of drug-likeness (QED) is 0.327. The number of piperidine rings is 1. The van der Waals surface area contributed by atoms with Gasteiger partial charge in [-0.25, -0.2) is 27.0 Å². The summed E-state index contributed by atoms with van der Waals surface area (Å²) >= 11 is 0. The van der Waals surface area contributed by atoms with E-state index in [-0.39, 0.29) is 35.1 Å². The van der Waals surface area contributed by atoms with E-state index in [1.807, 2.05) is 0 Å². The second-order valence-corrected chi connectivity index (χ2v) is 15.1. The number of carbonyl (C=O) groups excluding carboxylic acids is 2. The molecule has 0 aliphatic carbocycles. The van der Waals surface area contributed by atoms with E-state index in [0.29, 0.717) is 48.6 Å². The van der Waals surface area contributed by atoms with Crippen LogP contribution in [0.2, 0.25) is 0 Å². The molecule has 5 heterocycles. The van der Waals surface area contributed by atoms with E-state index < -0.39 is 49.7 Å². The minimum atomic E-state index is -4.92. The van der Waals surface area contributed by atoms with Crippen molar-refractivity contribution in [3.63, 3.8) is 0 Å². The number of urea groups is 1. The van der Waals surface area contributed by atoms with Crippen LogP contribution < -0.4 is 23.8 Å². The van der Waals surface area contributed by atoms with Crippen LogP contribution >= 0.6 is 0 Å². The lowest BCUT2D eigenvalue weighted by molar-refractivity contribution is -0.121.